The van der Waals surface area contributed by atoms with E-state index in [2.05, 4.69) is 25.7 Å². The number of hydrogen-bond donors (Lipinski definition) is 1. The first kappa shape index (κ1) is 12.9. The van der Waals surface area contributed by atoms with Crippen molar-refractivity contribution in [1.29, 1.82) is 0 Å². The topological polar surface area (TPSA) is 29.3 Å². The monoisotopic (exact) mass is 228 g/mol. The van der Waals surface area contributed by atoms with Crippen molar-refractivity contribution in [2.75, 3.05) is 13.1 Å². The van der Waals surface area contributed by atoms with E-state index in [1.54, 1.807) is 0 Å². The highest BCUT2D eigenvalue weighted by Crippen LogP contribution is 2.38. The van der Waals surface area contributed by atoms with Crippen LogP contribution in [0.15, 0.2) is 0 Å². The van der Waals surface area contributed by atoms with E-state index >= 15 is 0 Å². The summed E-state index contributed by atoms with van der Waals surface area (Å²) >= 11 is 5.05. The summed E-state index contributed by atoms with van der Waals surface area (Å²) in [5.74, 6) is 0. The lowest BCUT2D eigenvalue weighted by atomic mass is 9.74. The third-order valence-electron chi connectivity index (χ3n) is 4.32. The molecule has 0 amide bonds. The Kier molecular flexibility index (Phi) is 4.53. The van der Waals surface area contributed by atoms with E-state index in [1.807, 2.05) is 0 Å². The molecule has 1 saturated heterocycles. The third kappa shape index (κ3) is 2.91. The van der Waals surface area contributed by atoms with Crippen LogP contribution in [0.3, 0.4) is 0 Å². The molecule has 0 bridgehead atoms. The van der Waals surface area contributed by atoms with E-state index in [1.165, 1.54) is 25.7 Å². The molecule has 1 heterocycles. The van der Waals surface area contributed by atoms with Crippen LogP contribution in [-0.4, -0.2) is 29.0 Å². The second kappa shape index (κ2) is 5.26. The Labute approximate surface area is 99.2 Å². The Morgan fingerprint density at radius 3 is 2.13 bits per heavy atom. The van der Waals surface area contributed by atoms with Crippen LogP contribution in [0.4, 0.5) is 0 Å². The van der Waals surface area contributed by atoms with Gasteiger partial charge < -0.3 is 5.73 Å². The molecule has 3 heteroatoms. The maximum Gasteiger partial charge on any atom is 0.0899 e. The van der Waals surface area contributed by atoms with Gasteiger partial charge in [0.25, 0.3) is 0 Å². The summed E-state index contributed by atoms with van der Waals surface area (Å²) in [5, 5.41) is 0. The van der Waals surface area contributed by atoms with Gasteiger partial charge in [-0.25, -0.2) is 0 Å². The molecule has 0 aromatic carbocycles. The molecule has 1 rings (SSSR count). The van der Waals surface area contributed by atoms with E-state index < -0.39 is 0 Å². The van der Waals surface area contributed by atoms with Crippen molar-refractivity contribution >= 4 is 17.2 Å². The first-order valence-corrected chi connectivity index (χ1v) is 6.49. The first-order valence-electron chi connectivity index (χ1n) is 6.08. The molecule has 1 aliphatic heterocycles. The lowest BCUT2D eigenvalue weighted by Crippen LogP contribution is -2.48. The Morgan fingerprint density at radius 2 is 1.80 bits per heavy atom. The van der Waals surface area contributed by atoms with Crippen LogP contribution in [0.2, 0.25) is 0 Å². The number of nitrogens with zero attached hydrogens (tertiary/aromatic N) is 1. The first-order chi connectivity index (χ1) is 7.04. The van der Waals surface area contributed by atoms with E-state index in [9.17, 15) is 0 Å². The Morgan fingerprint density at radius 1 is 1.33 bits per heavy atom. The minimum atomic E-state index is 0.270. The van der Waals surface area contributed by atoms with Crippen molar-refractivity contribution in [1.82, 2.24) is 4.90 Å². The van der Waals surface area contributed by atoms with Crippen molar-refractivity contribution < 1.29 is 0 Å². The molecule has 15 heavy (non-hydrogen) atoms. The number of likely N-dealkylation sites (tertiary alicyclic amines) is 1. The molecule has 0 aromatic rings. The van der Waals surface area contributed by atoms with Crippen molar-refractivity contribution in [3.63, 3.8) is 0 Å². The van der Waals surface area contributed by atoms with E-state index in [-0.39, 0.29) is 6.04 Å². The summed E-state index contributed by atoms with van der Waals surface area (Å²) < 4.78 is 0. The van der Waals surface area contributed by atoms with Crippen LogP contribution >= 0.6 is 12.2 Å². The molecule has 1 aliphatic rings. The third-order valence-corrected chi connectivity index (χ3v) is 4.66. The smallest absolute Gasteiger partial charge is 0.0899 e. The van der Waals surface area contributed by atoms with Gasteiger partial charge in [-0.1, -0.05) is 38.9 Å². The number of rotatable bonds is 4. The predicted molar refractivity (Wildman–Crippen MR) is 70.1 cm³/mol. The molecule has 0 aromatic heterocycles. The maximum atomic E-state index is 5.69. The molecule has 2 N–H and O–H groups in total. The number of nitrogens with two attached hydrogens (primary N) is 1. The molecule has 2 nitrogen and oxygen atoms in total. The minimum absolute atomic E-state index is 0.270. The van der Waals surface area contributed by atoms with Gasteiger partial charge in [0.2, 0.25) is 0 Å². The van der Waals surface area contributed by atoms with Crippen LogP contribution in [0, 0.1) is 5.41 Å². The average Bonchev–Trinajstić information content (AvgIpc) is 2.28. The largest absolute Gasteiger partial charge is 0.392 e. The molecule has 0 spiro atoms. The number of hydrogen-bond acceptors (Lipinski definition) is 2. The van der Waals surface area contributed by atoms with Gasteiger partial charge in [-0.3, -0.25) is 4.90 Å². The van der Waals surface area contributed by atoms with Crippen LogP contribution in [0.25, 0.3) is 0 Å². The predicted octanol–water partition coefficient (Wildman–Crippen LogP) is 2.56. The quantitative estimate of drug-likeness (QED) is 0.750. The molecule has 1 atom stereocenters. The Hall–Kier alpha value is -0.150. The van der Waals surface area contributed by atoms with Crippen LogP contribution in [0.1, 0.15) is 46.5 Å². The normalized spacial score (nSPS) is 23.7. The average molecular weight is 228 g/mol. The molecule has 88 valence electrons. The van der Waals surface area contributed by atoms with Gasteiger partial charge in [-0.15, -0.1) is 0 Å². The summed E-state index contributed by atoms with van der Waals surface area (Å²) in [6.07, 6.45) is 5.21. The van der Waals surface area contributed by atoms with Crippen LogP contribution in [-0.2, 0) is 0 Å². The van der Waals surface area contributed by atoms with Crippen molar-refractivity contribution in [3.8, 4) is 0 Å². The lowest BCUT2D eigenvalue weighted by molar-refractivity contribution is 0.0876. The van der Waals surface area contributed by atoms with Gasteiger partial charge in [0, 0.05) is 0 Å². The fourth-order valence-electron chi connectivity index (χ4n) is 2.52. The lowest BCUT2D eigenvalue weighted by Gasteiger charge is -2.43. The highest BCUT2D eigenvalue weighted by atomic mass is 32.1. The molecule has 0 aliphatic carbocycles. The summed E-state index contributed by atoms with van der Waals surface area (Å²) in [5.41, 5.74) is 6.28. The second-order valence-corrected chi connectivity index (χ2v) is 5.29. The number of piperidine rings is 1. The Balaban J connectivity index is 2.51. The molecule has 0 radical (unpaired) electrons. The minimum Gasteiger partial charge on any atom is -0.392 e. The highest BCUT2D eigenvalue weighted by molar-refractivity contribution is 7.80. The summed E-state index contributed by atoms with van der Waals surface area (Å²) in [6, 6.07) is 0.270. The molecule has 1 fully saturated rings. The zero-order valence-electron chi connectivity index (χ0n) is 10.3. The van der Waals surface area contributed by atoms with Gasteiger partial charge in [0.15, 0.2) is 0 Å². The van der Waals surface area contributed by atoms with Crippen LogP contribution in [0.5, 0.6) is 0 Å². The molecular weight excluding hydrogens is 204 g/mol. The van der Waals surface area contributed by atoms with Crippen molar-refractivity contribution in [2.24, 2.45) is 11.1 Å². The van der Waals surface area contributed by atoms with Crippen molar-refractivity contribution in [3.05, 3.63) is 0 Å². The summed E-state index contributed by atoms with van der Waals surface area (Å²) in [6.45, 7) is 9.06. The zero-order chi connectivity index (χ0) is 11.5. The summed E-state index contributed by atoms with van der Waals surface area (Å²) in [7, 11) is 0. The van der Waals surface area contributed by atoms with E-state index in [0.29, 0.717) is 10.4 Å². The van der Waals surface area contributed by atoms with Gasteiger partial charge in [0.05, 0.1) is 11.0 Å². The standard InChI is InChI=1S/C12H24N2S/c1-4-12(5-2)6-8-14(9-7-12)10(3)11(13)15/h10H,4-9H2,1-3H3,(H2,13,15). The van der Waals surface area contributed by atoms with Gasteiger partial charge in [0.1, 0.15) is 0 Å². The zero-order valence-corrected chi connectivity index (χ0v) is 11.1. The van der Waals surface area contributed by atoms with Gasteiger partial charge >= 0.3 is 0 Å². The van der Waals surface area contributed by atoms with E-state index in [4.69, 9.17) is 18.0 Å². The number of thiocarbonyl (C=S) groups is 1. The second-order valence-electron chi connectivity index (χ2n) is 4.82. The fraction of sp³-hybridized carbons (Fsp3) is 0.917. The van der Waals surface area contributed by atoms with Gasteiger partial charge in [-0.2, -0.15) is 0 Å². The van der Waals surface area contributed by atoms with Crippen LogP contribution < -0.4 is 5.73 Å². The highest BCUT2D eigenvalue weighted by Gasteiger charge is 2.32. The molecule has 1 unspecified atom stereocenters. The SMILES string of the molecule is CCC1(CC)CCN(C(C)C(N)=S)CC1. The fourth-order valence-corrected chi connectivity index (χ4v) is 2.67. The maximum absolute atomic E-state index is 5.69. The summed E-state index contributed by atoms with van der Waals surface area (Å²) in [4.78, 5) is 3.06. The molecular formula is C12H24N2S. The van der Waals surface area contributed by atoms with Crippen molar-refractivity contribution in [2.45, 2.75) is 52.5 Å². The van der Waals surface area contributed by atoms with Gasteiger partial charge in [-0.05, 0) is 38.3 Å². The Bertz CT molecular complexity index is 214. The molecule has 0 saturated carbocycles. The van der Waals surface area contributed by atoms with E-state index in [0.717, 1.165) is 13.1 Å².